The number of nitrogens with two attached hydrogens (primary N) is 1. The molecule has 16 heavy (non-hydrogen) atoms. The van der Waals surface area contributed by atoms with Gasteiger partial charge in [0.05, 0.1) is 18.7 Å². The summed E-state index contributed by atoms with van der Waals surface area (Å²) in [6.07, 6.45) is 1.63. The summed E-state index contributed by atoms with van der Waals surface area (Å²) in [5.41, 5.74) is 6.52. The van der Waals surface area contributed by atoms with Gasteiger partial charge in [-0.2, -0.15) is 0 Å². The van der Waals surface area contributed by atoms with Crippen molar-refractivity contribution in [2.45, 2.75) is 19.4 Å². The molecule has 0 unspecified atom stereocenters. The van der Waals surface area contributed by atoms with Gasteiger partial charge in [-0.25, -0.2) is 0 Å². The number of thiocarbonyl (C=S) groups is 1. The van der Waals surface area contributed by atoms with Crippen molar-refractivity contribution in [2.24, 2.45) is 5.73 Å². The number of benzene rings is 1. The van der Waals surface area contributed by atoms with Crippen molar-refractivity contribution in [3.63, 3.8) is 0 Å². The van der Waals surface area contributed by atoms with E-state index in [0.717, 1.165) is 24.2 Å². The van der Waals surface area contributed by atoms with Gasteiger partial charge in [-0.1, -0.05) is 24.4 Å². The van der Waals surface area contributed by atoms with E-state index in [1.807, 2.05) is 24.3 Å². The molecule has 0 fully saturated rings. The SMILES string of the molecule is COc1ccc(COCCCC(N)=S)cc1. The summed E-state index contributed by atoms with van der Waals surface area (Å²) in [6.45, 7) is 1.30. The number of hydrogen-bond acceptors (Lipinski definition) is 3. The zero-order valence-electron chi connectivity index (χ0n) is 9.44. The molecular formula is C12H17NO2S. The van der Waals surface area contributed by atoms with Crippen molar-refractivity contribution in [3.05, 3.63) is 29.8 Å². The van der Waals surface area contributed by atoms with E-state index in [9.17, 15) is 0 Å². The summed E-state index contributed by atoms with van der Waals surface area (Å²) >= 11 is 4.77. The third kappa shape index (κ3) is 5.09. The Morgan fingerprint density at radius 3 is 2.56 bits per heavy atom. The molecule has 88 valence electrons. The summed E-state index contributed by atoms with van der Waals surface area (Å²) in [5.74, 6) is 0.859. The lowest BCUT2D eigenvalue weighted by molar-refractivity contribution is 0.120. The van der Waals surface area contributed by atoms with Gasteiger partial charge in [0.1, 0.15) is 5.75 Å². The molecule has 0 saturated carbocycles. The highest BCUT2D eigenvalue weighted by Crippen LogP contribution is 2.11. The molecule has 0 aliphatic carbocycles. The second-order valence-electron chi connectivity index (χ2n) is 3.47. The highest BCUT2D eigenvalue weighted by Gasteiger charge is 1.95. The molecule has 0 saturated heterocycles. The van der Waals surface area contributed by atoms with Gasteiger partial charge in [0.25, 0.3) is 0 Å². The second kappa shape index (κ2) is 7.19. The van der Waals surface area contributed by atoms with Gasteiger partial charge in [-0.15, -0.1) is 0 Å². The Morgan fingerprint density at radius 2 is 2.00 bits per heavy atom. The van der Waals surface area contributed by atoms with Crippen LogP contribution in [0.1, 0.15) is 18.4 Å². The minimum Gasteiger partial charge on any atom is -0.497 e. The van der Waals surface area contributed by atoms with E-state index in [-0.39, 0.29) is 0 Å². The average molecular weight is 239 g/mol. The minimum atomic E-state index is 0.549. The van der Waals surface area contributed by atoms with Crippen LogP contribution in [0.25, 0.3) is 0 Å². The first-order valence-corrected chi connectivity index (χ1v) is 5.62. The van der Waals surface area contributed by atoms with E-state index < -0.39 is 0 Å². The van der Waals surface area contributed by atoms with Crippen molar-refractivity contribution in [3.8, 4) is 5.75 Å². The fourth-order valence-corrected chi connectivity index (χ4v) is 1.40. The summed E-state index contributed by atoms with van der Waals surface area (Å²) < 4.78 is 10.6. The Balaban J connectivity index is 2.19. The topological polar surface area (TPSA) is 44.5 Å². The van der Waals surface area contributed by atoms with Crippen LogP contribution in [0.5, 0.6) is 5.75 Å². The molecule has 1 aromatic carbocycles. The Labute approximate surface area is 102 Å². The molecule has 1 aromatic rings. The Bertz CT molecular complexity index is 324. The first-order chi connectivity index (χ1) is 7.72. The van der Waals surface area contributed by atoms with Crippen LogP contribution in [0.2, 0.25) is 0 Å². The molecule has 2 N–H and O–H groups in total. The van der Waals surface area contributed by atoms with Gasteiger partial charge >= 0.3 is 0 Å². The van der Waals surface area contributed by atoms with E-state index in [4.69, 9.17) is 27.4 Å². The standard InChI is InChI=1S/C12H17NO2S/c1-14-11-6-4-10(5-7-11)9-15-8-2-3-12(13)16/h4-7H,2-3,8-9H2,1H3,(H2,13,16). The first kappa shape index (κ1) is 12.9. The third-order valence-electron chi connectivity index (χ3n) is 2.14. The molecule has 0 aliphatic rings. The van der Waals surface area contributed by atoms with Crippen LogP contribution in [0.3, 0.4) is 0 Å². The maximum Gasteiger partial charge on any atom is 0.118 e. The Kier molecular flexibility index (Phi) is 5.82. The highest BCUT2D eigenvalue weighted by atomic mass is 32.1. The van der Waals surface area contributed by atoms with E-state index in [2.05, 4.69) is 0 Å². The van der Waals surface area contributed by atoms with Crippen molar-refractivity contribution >= 4 is 17.2 Å². The van der Waals surface area contributed by atoms with E-state index in [0.29, 0.717) is 18.2 Å². The van der Waals surface area contributed by atoms with Gasteiger partial charge in [-0.3, -0.25) is 0 Å². The third-order valence-corrected chi connectivity index (χ3v) is 2.34. The number of hydrogen-bond donors (Lipinski definition) is 1. The molecule has 0 heterocycles. The van der Waals surface area contributed by atoms with Crippen molar-refractivity contribution in [1.82, 2.24) is 0 Å². The van der Waals surface area contributed by atoms with Gasteiger partial charge in [-0.05, 0) is 30.5 Å². The summed E-state index contributed by atoms with van der Waals surface area (Å²) in [7, 11) is 1.65. The highest BCUT2D eigenvalue weighted by molar-refractivity contribution is 7.80. The molecular weight excluding hydrogens is 222 g/mol. The van der Waals surface area contributed by atoms with E-state index in [1.54, 1.807) is 7.11 Å². The molecule has 0 aliphatic heterocycles. The van der Waals surface area contributed by atoms with Gasteiger partial charge in [0, 0.05) is 6.61 Å². The number of rotatable bonds is 7. The van der Waals surface area contributed by atoms with Crippen LogP contribution in [0.4, 0.5) is 0 Å². The molecule has 4 heteroatoms. The lowest BCUT2D eigenvalue weighted by Crippen LogP contribution is -2.08. The van der Waals surface area contributed by atoms with Crippen molar-refractivity contribution < 1.29 is 9.47 Å². The molecule has 1 rings (SSSR count). The predicted molar refractivity (Wildman–Crippen MR) is 68.7 cm³/mol. The fraction of sp³-hybridized carbons (Fsp3) is 0.417. The van der Waals surface area contributed by atoms with Crippen LogP contribution in [0, 0.1) is 0 Å². The average Bonchev–Trinajstić information content (AvgIpc) is 2.29. The van der Waals surface area contributed by atoms with Crippen LogP contribution in [0.15, 0.2) is 24.3 Å². The molecule has 0 bridgehead atoms. The molecule has 0 amide bonds. The van der Waals surface area contributed by atoms with Crippen LogP contribution >= 0.6 is 12.2 Å². The summed E-state index contributed by atoms with van der Waals surface area (Å²) in [6, 6.07) is 7.83. The molecule has 0 radical (unpaired) electrons. The maximum atomic E-state index is 5.49. The Hall–Kier alpha value is -1.13. The summed E-state index contributed by atoms with van der Waals surface area (Å²) in [5, 5.41) is 0. The maximum absolute atomic E-state index is 5.49. The van der Waals surface area contributed by atoms with Crippen LogP contribution in [-0.4, -0.2) is 18.7 Å². The van der Waals surface area contributed by atoms with E-state index in [1.165, 1.54) is 0 Å². The molecule has 3 nitrogen and oxygen atoms in total. The second-order valence-corrected chi connectivity index (χ2v) is 3.99. The lowest BCUT2D eigenvalue weighted by atomic mass is 10.2. The van der Waals surface area contributed by atoms with Crippen molar-refractivity contribution in [1.29, 1.82) is 0 Å². The zero-order valence-corrected chi connectivity index (χ0v) is 10.3. The van der Waals surface area contributed by atoms with Crippen LogP contribution < -0.4 is 10.5 Å². The molecule has 0 spiro atoms. The zero-order chi connectivity index (χ0) is 11.8. The minimum absolute atomic E-state index is 0.549. The smallest absolute Gasteiger partial charge is 0.118 e. The molecule has 0 atom stereocenters. The van der Waals surface area contributed by atoms with Crippen molar-refractivity contribution in [2.75, 3.05) is 13.7 Å². The first-order valence-electron chi connectivity index (χ1n) is 5.21. The molecule has 0 aromatic heterocycles. The fourth-order valence-electron chi connectivity index (χ4n) is 1.26. The van der Waals surface area contributed by atoms with Crippen LogP contribution in [-0.2, 0) is 11.3 Å². The largest absolute Gasteiger partial charge is 0.497 e. The quantitative estimate of drug-likeness (QED) is 0.585. The van der Waals surface area contributed by atoms with Gasteiger partial charge in [0.15, 0.2) is 0 Å². The summed E-state index contributed by atoms with van der Waals surface area (Å²) in [4.78, 5) is 0.549. The monoisotopic (exact) mass is 239 g/mol. The Morgan fingerprint density at radius 1 is 1.31 bits per heavy atom. The normalized spacial score (nSPS) is 10.1. The van der Waals surface area contributed by atoms with Gasteiger partial charge < -0.3 is 15.2 Å². The predicted octanol–water partition coefficient (Wildman–Crippen LogP) is 2.28. The number of ether oxygens (including phenoxy) is 2. The lowest BCUT2D eigenvalue weighted by Gasteiger charge is -2.05. The number of methoxy groups -OCH3 is 1. The van der Waals surface area contributed by atoms with E-state index >= 15 is 0 Å². The van der Waals surface area contributed by atoms with Gasteiger partial charge in [0.2, 0.25) is 0 Å².